The van der Waals surface area contributed by atoms with E-state index in [2.05, 4.69) is 0 Å². The van der Waals surface area contributed by atoms with Crippen molar-refractivity contribution in [2.24, 2.45) is 0 Å². The highest BCUT2D eigenvalue weighted by atomic mass is 32.2. The van der Waals surface area contributed by atoms with Crippen LogP contribution in [0.2, 0.25) is 0 Å². The molecule has 1 N–H and O–H groups in total. The standard InChI is InChI=1S/C11H12O3S/c12-11(13)7-4-8-15(14)9-10-5-2-1-3-6-10/h1-7H,8-9H2,(H,12,13)/b7-4+. The van der Waals surface area contributed by atoms with E-state index in [-0.39, 0.29) is 5.75 Å². The number of carboxylic acid groups (broad SMARTS) is 1. The zero-order valence-electron chi connectivity index (χ0n) is 8.13. The monoisotopic (exact) mass is 224 g/mol. The normalized spacial score (nSPS) is 12.9. The second-order valence-electron chi connectivity index (χ2n) is 2.98. The van der Waals surface area contributed by atoms with Crippen LogP contribution in [0.25, 0.3) is 0 Å². The van der Waals surface area contributed by atoms with E-state index in [1.807, 2.05) is 30.3 Å². The average Bonchev–Trinajstić information content (AvgIpc) is 2.18. The van der Waals surface area contributed by atoms with Crippen LogP contribution in [0.1, 0.15) is 5.56 Å². The molecule has 80 valence electrons. The van der Waals surface area contributed by atoms with Crippen LogP contribution < -0.4 is 0 Å². The van der Waals surface area contributed by atoms with Crippen LogP contribution in [-0.4, -0.2) is 21.4 Å². The number of hydrogen-bond acceptors (Lipinski definition) is 2. The van der Waals surface area contributed by atoms with Gasteiger partial charge in [0.25, 0.3) is 0 Å². The van der Waals surface area contributed by atoms with Gasteiger partial charge in [-0.25, -0.2) is 4.79 Å². The minimum absolute atomic E-state index is 0.279. The molecule has 0 aliphatic rings. The van der Waals surface area contributed by atoms with Crippen molar-refractivity contribution in [3.8, 4) is 0 Å². The van der Waals surface area contributed by atoms with Gasteiger partial charge in [0.05, 0.1) is 0 Å². The Hall–Kier alpha value is -1.26. The van der Waals surface area contributed by atoms with Crippen LogP contribution in [-0.2, 0) is 21.7 Å². The Morgan fingerprint density at radius 3 is 2.67 bits per heavy atom. The molecule has 1 aromatic carbocycles. The van der Waals surface area contributed by atoms with Crippen molar-refractivity contribution in [2.75, 3.05) is 5.75 Å². The van der Waals surface area contributed by atoms with E-state index in [9.17, 15) is 9.35 Å². The van der Waals surface area contributed by atoms with E-state index in [1.54, 1.807) is 0 Å². The molecule has 1 rings (SSSR count). The Morgan fingerprint density at radius 2 is 2.07 bits per heavy atom. The van der Waals surface area contributed by atoms with Crippen molar-refractivity contribution in [1.82, 2.24) is 0 Å². The van der Waals surface area contributed by atoms with E-state index in [0.29, 0.717) is 5.75 Å². The molecular formula is C11H12O3S. The average molecular weight is 224 g/mol. The Kier molecular flexibility index (Phi) is 4.93. The number of aliphatic carboxylic acids is 1. The van der Waals surface area contributed by atoms with Crippen LogP contribution in [0.4, 0.5) is 0 Å². The third-order valence-corrected chi connectivity index (χ3v) is 2.93. The molecule has 0 saturated heterocycles. The van der Waals surface area contributed by atoms with Crippen LogP contribution in [0.3, 0.4) is 0 Å². The molecule has 0 aromatic heterocycles. The largest absolute Gasteiger partial charge is 0.616 e. The van der Waals surface area contributed by atoms with E-state index in [4.69, 9.17) is 5.11 Å². The molecule has 3 nitrogen and oxygen atoms in total. The first-order valence-electron chi connectivity index (χ1n) is 4.47. The Balaban J connectivity index is 2.36. The van der Waals surface area contributed by atoms with Crippen LogP contribution >= 0.6 is 0 Å². The van der Waals surface area contributed by atoms with E-state index in [1.165, 1.54) is 6.08 Å². The number of rotatable bonds is 5. The maximum Gasteiger partial charge on any atom is 0.328 e. The van der Waals surface area contributed by atoms with Gasteiger partial charge < -0.3 is 9.66 Å². The van der Waals surface area contributed by atoms with Crippen molar-refractivity contribution in [3.63, 3.8) is 0 Å². The van der Waals surface area contributed by atoms with Crippen molar-refractivity contribution < 1.29 is 14.5 Å². The Labute approximate surface area is 91.6 Å². The van der Waals surface area contributed by atoms with Gasteiger partial charge in [0.1, 0.15) is 11.5 Å². The number of carbonyl (C=O) groups is 1. The predicted octanol–water partition coefficient (Wildman–Crippen LogP) is 1.58. The summed E-state index contributed by atoms with van der Waals surface area (Å²) in [6.07, 6.45) is 2.43. The lowest BCUT2D eigenvalue weighted by molar-refractivity contribution is -0.131. The highest BCUT2D eigenvalue weighted by Crippen LogP contribution is 2.06. The van der Waals surface area contributed by atoms with Crippen LogP contribution in [0, 0.1) is 0 Å². The molecule has 0 radical (unpaired) electrons. The van der Waals surface area contributed by atoms with E-state index < -0.39 is 17.1 Å². The fraction of sp³-hybridized carbons (Fsp3) is 0.182. The molecule has 0 heterocycles. The topological polar surface area (TPSA) is 60.4 Å². The van der Waals surface area contributed by atoms with Gasteiger partial charge in [-0.15, -0.1) is 0 Å². The van der Waals surface area contributed by atoms with Gasteiger partial charge in [0.2, 0.25) is 0 Å². The first-order chi connectivity index (χ1) is 7.18. The molecular weight excluding hydrogens is 212 g/mol. The SMILES string of the molecule is O=C(O)/C=C/C[S+]([O-])Cc1ccccc1. The minimum atomic E-state index is -1.04. The Morgan fingerprint density at radius 1 is 1.40 bits per heavy atom. The third-order valence-electron chi connectivity index (χ3n) is 1.71. The summed E-state index contributed by atoms with van der Waals surface area (Å²) in [5.41, 5.74) is 1.000. The van der Waals surface area contributed by atoms with Gasteiger partial charge >= 0.3 is 5.97 Å². The second kappa shape index (κ2) is 6.27. The number of carboxylic acids is 1. The molecule has 15 heavy (non-hydrogen) atoms. The van der Waals surface area contributed by atoms with Gasteiger partial charge in [-0.1, -0.05) is 30.3 Å². The van der Waals surface area contributed by atoms with Crippen LogP contribution in [0.5, 0.6) is 0 Å². The highest BCUT2D eigenvalue weighted by molar-refractivity contribution is 7.90. The maximum atomic E-state index is 11.5. The quantitative estimate of drug-likeness (QED) is 0.610. The molecule has 0 saturated carbocycles. The summed E-state index contributed by atoms with van der Waals surface area (Å²) >= 11 is -1.04. The van der Waals surface area contributed by atoms with Crippen molar-refractivity contribution in [1.29, 1.82) is 0 Å². The van der Waals surface area contributed by atoms with Gasteiger partial charge in [-0.3, -0.25) is 0 Å². The van der Waals surface area contributed by atoms with Gasteiger partial charge in [-0.05, 0) is 17.3 Å². The smallest absolute Gasteiger partial charge is 0.328 e. The molecule has 0 bridgehead atoms. The molecule has 1 unspecified atom stereocenters. The second-order valence-corrected chi connectivity index (χ2v) is 4.48. The number of benzene rings is 1. The van der Waals surface area contributed by atoms with Crippen molar-refractivity contribution >= 4 is 17.1 Å². The van der Waals surface area contributed by atoms with Crippen molar-refractivity contribution in [2.45, 2.75) is 5.75 Å². The maximum absolute atomic E-state index is 11.5. The lowest BCUT2D eigenvalue weighted by Crippen LogP contribution is -2.07. The first-order valence-corrected chi connectivity index (χ1v) is 5.95. The lowest BCUT2D eigenvalue weighted by Gasteiger charge is -2.08. The summed E-state index contributed by atoms with van der Waals surface area (Å²) in [5.74, 6) is -0.266. The third kappa shape index (κ3) is 5.24. The van der Waals surface area contributed by atoms with E-state index >= 15 is 0 Å². The fourth-order valence-electron chi connectivity index (χ4n) is 1.08. The summed E-state index contributed by atoms with van der Waals surface area (Å²) in [6.45, 7) is 0. The molecule has 4 heteroatoms. The van der Waals surface area contributed by atoms with Gasteiger partial charge in [0.15, 0.2) is 0 Å². The van der Waals surface area contributed by atoms with Crippen molar-refractivity contribution in [3.05, 3.63) is 48.0 Å². The highest BCUT2D eigenvalue weighted by Gasteiger charge is 2.04. The summed E-state index contributed by atoms with van der Waals surface area (Å²) < 4.78 is 11.5. The minimum Gasteiger partial charge on any atom is -0.616 e. The van der Waals surface area contributed by atoms with Gasteiger partial charge in [0, 0.05) is 11.6 Å². The first kappa shape index (κ1) is 11.8. The molecule has 0 aliphatic heterocycles. The Bertz CT molecular complexity index is 335. The molecule has 0 amide bonds. The predicted molar refractivity (Wildman–Crippen MR) is 59.9 cm³/mol. The zero-order chi connectivity index (χ0) is 11.1. The molecule has 0 fully saturated rings. The summed E-state index contributed by atoms with van der Waals surface area (Å²) in [5, 5.41) is 8.33. The lowest BCUT2D eigenvalue weighted by atomic mass is 10.2. The summed E-state index contributed by atoms with van der Waals surface area (Å²) in [6, 6.07) is 9.48. The zero-order valence-corrected chi connectivity index (χ0v) is 8.94. The fourth-order valence-corrected chi connectivity index (χ4v) is 2.07. The van der Waals surface area contributed by atoms with Crippen LogP contribution in [0.15, 0.2) is 42.5 Å². The molecule has 0 aliphatic carbocycles. The summed E-state index contributed by atoms with van der Waals surface area (Å²) in [4.78, 5) is 10.2. The van der Waals surface area contributed by atoms with E-state index in [0.717, 1.165) is 11.6 Å². The van der Waals surface area contributed by atoms with Gasteiger partial charge in [-0.2, -0.15) is 0 Å². The molecule has 1 atom stereocenters. The number of hydrogen-bond donors (Lipinski definition) is 1. The summed E-state index contributed by atoms with van der Waals surface area (Å²) in [7, 11) is 0. The molecule has 1 aromatic rings. The molecule has 0 spiro atoms.